The molecule has 0 atom stereocenters. The van der Waals surface area contributed by atoms with Crippen molar-refractivity contribution in [1.82, 2.24) is 0 Å². The van der Waals surface area contributed by atoms with Gasteiger partial charge >= 0.3 is 0 Å². The molecular weight excluding hydrogens is 472 g/mol. The molecule has 0 aliphatic rings. The first-order valence-corrected chi connectivity index (χ1v) is 12.5. The molecule has 0 spiro atoms. The molecule has 8 aromatic rings. The highest BCUT2D eigenvalue weighted by atomic mass is 16.3. The molecule has 0 aliphatic heterocycles. The summed E-state index contributed by atoms with van der Waals surface area (Å²) in [5.74, 6) is 0. The fraction of sp³-hybridized carbons (Fsp3) is 0. The molecule has 182 valence electrons. The summed E-state index contributed by atoms with van der Waals surface area (Å²) in [5, 5.41) is 3.21. The summed E-state index contributed by atoms with van der Waals surface area (Å²) in [7, 11) is 0. The number of furan rings is 1. The SMILES string of the molecule is [2H]c1c([2H])c([2H])c(-c2c([2H])c([2H])c3oc4c([2H])c([2H])c([2H])c(-c5c6ccccc6c(-c6ccccc6)c6ccccc56)c4c3c2[2H])c([2H])c1[2H]. The van der Waals surface area contributed by atoms with Gasteiger partial charge in [0.1, 0.15) is 11.2 Å². The van der Waals surface area contributed by atoms with Crippen LogP contribution >= 0.6 is 0 Å². The maximum atomic E-state index is 9.46. The number of benzene rings is 7. The molecule has 1 heterocycles. The highest BCUT2D eigenvalue weighted by molar-refractivity contribution is 6.25. The third-order valence-electron chi connectivity index (χ3n) is 7.07. The van der Waals surface area contributed by atoms with Crippen LogP contribution in [0.4, 0.5) is 0 Å². The zero-order valence-electron chi connectivity index (χ0n) is 31.4. The van der Waals surface area contributed by atoms with E-state index in [1.54, 1.807) is 0 Å². The van der Waals surface area contributed by atoms with Crippen LogP contribution in [-0.4, -0.2) is 0 Å². The van der Waals surface area contributed by atoms with Crippen LogP contribution in [0.1, 0.15) is 15.1 Å². The van der Waals surface area contributed by atoms with Gasteiger partial charge in [-0.25, -0.2) is 0 Å². The van der Waals surface area contributed by atoms with Crippen LogP contribution in [0.2, 0.25) is 0 Å². The van der Waals surface area contributed by atoms with Gasteiger partial charge in [-0.1, -0.05) is 127 Å². The Morgan fingerprint density at radius 3 is 1.77 bits per heavy atom. The van der Waals surface area contributed by atoms with Crippen LogP contribution in [0.3, 0.4) is 0 Å². The largest absolute Gasteiger partial charge is 0.456 e. The minimum atomic E-state index is -0.652. The first-order valence-electron chi connectivity index (χ1n) is 18.0. The van der Waals surface area contributed by atoms with Gasteiger partial charge in [0.2, 0.25) is 0 Å². The molecule has 0 amide bonds. The van der Waals surface area contributed by atoms with Crippen molar-refractivity contribution < 1.29 is 19.5 Å². The first kappa shape index (κ1) is 13.6. The van der Waals surface area contributed by atoms with Crippen molar-refractivity contribution in [2.45, 2.75) is 0 Å². The lowest BCUT2D eigenvalue weighted by atomic mass is 9.85. The van der Waals surface area contributed by atoms with Crippen molar-refractivity contribution in [3.05, 3.63) is 145 Å². The molecule has 8 rings (SSSR count). The van der Waals surface area contributed by atoms with Gasteiger partial charge in [0, 0.05) is 10.8 Å². The maximum absolute atomic E-state index is 9.46. The predicted molar refractivity (Wildman–Crippen MR) is 165 cm³/mol. The van der Waals surface area contributed by atoms with Gasteiger partial charge < -0.3 is 4.42 Å². The van der Waals surface area contributed by atoms with E-state index in [9.17, 15) is 2.74 Å². The van der Waals surface area contributed by atoms with E-state index >= 15 is 0 Å². The summed E-state index contributed by atoms with van der Waals surface area (Å²) in [5.41, 5.74) is 1.50. The standard InChI is InChI=1S/C38H24O/c1-3-12-25(13-4-1)27-22-23-34-33(24-27)38-32(20-11-21-35(38)39-34)37-30-18-9-7-16-28(30)36(26-14-5-2-6-15-26)29-17-8-10-19-31(29)37/h1-24H/i1D,3D,4D,11D,12D,13D,20D,21D,22D,23D,24D. The van der Waals surface area contributed by atoms with E-state index < -0.39 is 66.0 Å². The van der Waals surface area contributed by atoms with Crippen molar-refractivity contribution in [3.8, 4) is 33.4 Å². The van der Waals surface area contributed by atoms with Crippen molar-refractivity contribution in [2.75, 3.05) is 0 Å². The quantitative estimate of drug-likeness (QED) is 0.217. The molecular formula is C38H24O. The molecule has 0 fully saturated rings. The second-order valence-corrected chi connectivity index (χ2v) is 9.22. The molecule has 0 saturated heterocycles. The molecule has 0 aliphatic carbocycles. The third-order valence-corrected chi connectivity index (χ3v) is 7.07. The Labute approximate surface area is 242 Å². The van der Waals surface area contributed by atoms with Crippen molar-refractivity contribution >= 4 is 43.5 Å². The maximum Gasteiger partial charge on any atom is 0.136 e. The lowest BCUT2D eigenvalue weighted by Gasteiger charge is -2.18. The average molecular weight is 508 g/mol. The normalized spacial score (nSPS) is 15.5. The monoisotopic (exact) mass is 507 g/mol. The lowest BCUT2D eigenvalue weighted by molar-refractivity contribution is 0.669. The molecule has 0 bridgehead atoms. The van der Waals surface area contributed by atoms with Crippen LogP contribution in [0.15, 0.2) is 150 Å². The van der Waals surface area contributed by atoms with E-state index in [1.807, 2.05) is 78.9 Å². The summed E-state index contributed by atoms with van der Waals surface area (Å²) in [4.78, 5) is 0. The summed E-state index contributed by atoms with van der Waals surface area (Å²) in [6, 6.07) is 19.3. The van der Waals surface area contributed by atoms with Crippen LogP contribution in [0.25, 0.3) is 76.9 Å². The van der Waals surface area contributed by atoms with Crippen LogP contribution in [-0.2, 0) is 0 Å². The predicted octanol–water partition coefficient (Wildman–Crippen LogP) is 10.9. The van der Waals surface area contributed by atoms with Crippen LogP contribution in [0.5, 0.6) is 0 Å². The van der Waals surface area contributed by atoms with Gasteiger partial charge in [0.05, 0.1) is 15.1 Å². The molecule has 39 heavy (non-hydrogen) atoms. The molecule has 0 saturated carbocycles. The molecule has 0 N–H and O–H groups in total. The van der Waals surface area contributed by atoms with E-state index in [1.165, 1.54) is 0 Å². The molecule has 0 radical (unpaired) electrons. The smallest absolute Gasteiger partial charge is 0.136 e. The Hall–Kier alpha value is -5.14. The van der Waals surface area contributed by atoms with Gasteiger partial charge in [-0.3, -0.25) is 0 Å². The number of rotatable bonds is 3. The van der Waals surface area contributed by atoms with E-state index in [-0.39, 0.29) is 39.1 Å². The Kier molecular flexibility index (Phi) is 3.04. The minimum Gasteiger partial charge on any atom is -0.456 e. The second-order valence-electron chi connectivity index (χ2n) is 9.22. The van der Waals surface area contributed by atoms with Gasteiger partial charge in [-0.05, 0) is 73.1 Å². The van der Waals surface area contributed by atoms with E-state index in [0.717, 1.165) is 32.7 Å². The Bertz CT molecular complexity index is 2680. The van der Waals surface area contributed by atoms with Crippen molar-refractivity contribution in [3.63, 3.8) is 0 Å². The van der Waals surface area contributed by atoms with Crippen LogP contribution < -0.4 is 0 Å². The summed E-state index contributed by atoms with van der Waals surface area (Å²) >= 11 is 0. The fourth-order valence-electron chi connectivity index (χ4n) is 5.45. The average Bonchev–Trinajstić information content (AvgIpc) is 3.53. The minimum absolute atomic E-state index is 0.0555. The molecule has 1 nitrogen and oxygen atoms in total. The lowest BCUT2D eigenvalue weighted by Crippen LogP contribution is -1.91. The number of fused-ring (bicyclic) bond motifs is 5. The zero-order valence-corrected chi connectivity index (χ0v) is 20.4. The van der Waals surface area contributed by atoms with Gasteiger partial charge in [-0.15, -0.1) is 0 Å². The second kappa shape index (κ2) is 8.72. The summed E-state index contributed by atoms with van der Waals surface area (Å²) in [6.07, 6.45) is 0. The van der Waals surface area contributed by atoms with Crippen molar-refractivity contribution in [2.24, 2.45) is 0 Å². The molecule has 7 aromatic carbocycles. The summed E-state index contributed by atoms with van der Waals surface area (Å²) in [6.45, 7) is 0. The van der Waals surface area contributed by atoms with E-state index in [0.29, 0.717) is 5.56 Å². The van der Waals surface area contributed by atoms with E-state index in [4.69, 9.17) is 16.8 Å². The first-order chi connectivity index (χ1) is 24.0. The van der Waals surface area contributed by atoms with Crippen molar-refractivity contribution in [1.29, 1.82) is 0 Å². The molecule has 1 aromatic heterocycles. The summed E-state index contributed by atoms with van der Waals surface area (Å²) < 4.78 is 102. The van der Waals surface area contributed by atoms with Gasteiger partial charge in [0.25, 0.3) is 0 Å². The third kappa shape index (κ3) is 3.41. The highest BCUT2D eigenvalue weighted by Crippen LogP contribution is 2.47. The van der Waals surface area contributed by atoms with E-state index in [2.05, 4.69) is 0 Å². The molecule has 1 heteroatoms. The van der Waals surface area contributed by atoms with Crippen LogP contribution in [0, 0.1) is 0 Å². The number of hydrogen-bond acceptors (Lipinski definition) is 1. The van der Waals surface area contributed by atoms with Gasteiger partial charge in [-0.2, -0.15) is 0 Å². The zero-order chi connectivity index (χ0) is 35.3. The molecule has 0 unspecified atom stereocenters. The topological polar surface area (TPSA) is 13.1 Å². The highest BCUT2D eigenvalue weighted by Gasteiger charge is 2.20. The van der Waals surface area contributed by atoms with Gasteiger partial charge in [0.15, 0.2) is 0 Å². The Balaban J connectivity index is 1.62. The number of hydrogen-bond donors (Lipinski definition) is 0. The fourth-order valence-corrected chi connectivity index (χ4v) is 5.45. The Morgan fingerprint density at radius 2 is 1.08 bits per heavy atom. The Morgan fingerprint density at radius 1 is 0.436 bits per heavy atom.